The quantitative estimate of drug-likeness (QED) is 0.893. The van der Waals surface area contributed by atoms with Crippen molar-refractivity contribution in [1.29, 1.82) is 0 Å². The van der Waals surface area contributed by atoms with Crippen molar-refractivity contribution >= 4 is 27.5 Å². The van der Waals surface area contributed by atoms with Crippen molar-refractivity contribution in [2.75, 3.05) is 5.32 Å². The molecule has 0 aliphatic heterocycles. The van der Waals surface area contributed by atoms with Gasteiger partial charge >= 0.3 is 0 Å². The van der Waals surface area contributed by atoms with Gasteiger partial charge in [-0.25, -0.2) is 8.78 Å². The standard InChI is InChI=1S/C13H8BrF2NO/c14-11-3-1-2-4-12(11)17-13(18)8-5-9(15)7-10(16)6-8/h1-7H,(H,17,18). The molecule has 0 bridgehead atoms. The van der Waals surface area contributed by atoms with Gasteiger partial charge in [0.2, 0.25) is 0 Å². The maximum Gasteiger partial charge on any atom is 0.255 e. The number of halogens is 3. The lowest BCUT2D eigenvalue weighted by Gasteiger charge is -2.07. The molecular formula is C13H8BrF2NO. The maximum absolute atomic E-state index is 13.0. The summed E-state index contributed by atoms with van der Waals surface area (Å²) in [5, 5.41) is 2.56. The third kappa shape index (κ3) is 2.92. The highest BCUT2D eigenvalue weighted by atomic mass is 79.9. The van der Waals surface area contributed by atoms with E-state index in [0.717, 1.165) is 18.2 Å². The van der Waals surface area contributed by atoms with Crippen molar-refractivity contribution in [2.45, 2.75) is 0 Å². The van der Waals surface area contributed by atoms with Crippen LogP contribution in [0, 0.1) is 11.6 Å². The highest BCUT2D eigenvalue weighted by molar-refractivity contribution is 9.10. The van der Waals surface area contributed by atoms with E-state index in [2.05, 4.69) is 21.2 Å². The molecule has 0 aromatic heterocycles. The summed E-state index contributed by atoms with van der Waals surface area (Å²) in [5.74, 6) is -2.14. The van der Waals surface area contributed by atoms with Gasteiger partial charge in [0.25, 0.3) is 5.91 Å². The Morgan fingerprint density at radius 3 is 2.28 bits per heavy atom. The first-order chi connectivity index (χ1) is 8.56. The highest BCUT2D eigenvalue weighted by Crippen LogP contribution is 2.22. The summed E-state index contributed by atoms with van der Waals surface area (Å²) < 4.78 is 26.6. The molecule has 0 atom stereocenters. The number of nitrogens with one attached hydrogen (secondary N) is 1. The van der Waals surface area contributed by atoms with E-state index < -0.39 is 17.5 Å². The minimum atomic E-state index is -0.785. The van der Waals surface area contributed by atoms with E-state index in [4.69, 9.17) is 0 Å². The van der Waals surface area contributed by atoms with Gasteiger partial charge in [-0.15, -0.1) is 0 Å². The summed E-state index contributed by atoms with van der Waals surface area (Å²) in [6.07, 6.45) is 0. The SMILES string of the molecule is O=C(Nc1ccccc1Br)c1cc(F)cc(F)c1. The molecule has 18 heavy (non-hydrogen) atoms. The molecule has 0 aliphatic carbocycles. The lowest BCUT2D eigenvalue weighted by atomic mass is 10.2. The zero-order chi connectivity index (χ0) is 13.1. The number of carbonyl (C=O) groups is 1. The van der Waals surface area contributed by atoms with Gasteiger partial charge in [-0.05, 0) is 40.2 Å². The van der Waals surface area contributed by atoms with Crippen LogP contribution >= 0.6 is 15.9 Å². The summed E-state index contributed by atoms with van der Waals surface area (Å²) in [7, 11) is 0. The smallest absolute Gasteiger partial charge is 0.255 e. The van der Waals surface area contributed by atoms with Gasteiger partial charge in [0.15, 0.2) is 0 Å². The van der Waals surface area contributed by atoms with Gasteiger partial charge in [0.1, 0.15) is 11.6 Å². The minimum absolute atomic E-state index is 0.0664. The number of benzene rings is 2. The molecule has 1 N–H and O–H groups in total. The molecule has 5 heteroatoms. The number of rotatable bonds is 2. The Kier molecular flexibility index (Phi) is 3.72. The number of hydrogen-bond donors (Lipinski definition) is 1. The maximum atomic E-state index is 13.0. The Hall–Kier alpha value is -1.75. The second-order valence-corrected chi connectivity index (χ2v) is 4.45. The fraction of sp³-hybridized carbons (Fsp3) is 0. The van der Waals surface area contributed by atoms with Crippen LogP contribution < -0.4 is 5.32 Å². The summed E-state index contributed by atoms with van der Waals surface area (Å²) in [6.45, 7) is 0. The second kappa shape index (κ2) is 5.27. The number of carbonyl (C=O) groups excluding carboxylic acids is 1. The van der Waals surface area contributed by atoms with E-state index in [1.165, 1.54) is 0 Å². The third-order valence-corrected chi connectivity index (χ3v) is 2.94. The van der Waals surface area contributed by atoms with Gasteiger partial charge in [0, 0.05) is 16.1 Å². The molecule has 1 amide bonds. The third-order valence-electron chi connectivity index (χ3n) is 2.25. The van der Waals surface area contributed by atoms with Gasteiger partial charge < -0.3 is 5.32 Å². The molecular weight excluding hydrogens is 304 g/mol. The highest BCUT2D eigenvalue weighted by Gasteiger charge is 2.10. The normalized spacial score (nSPS) is 10.2. The van der Waals surface area contributed by atoms with Gasteiger partial charge in [-0.1, -0.05) is 12.1 Å². The van der Waals surface area contributed by atoms with E-state index in [0.29, 0.717) is 10.2 Å². The molecule has 0 saturated carbocycles. The number of anilines is 1. The lowest BCUT2D eigenvalue weighted by Crippen LogP contribution is -2.12. The fourth-order valence-corrected chi connectivity index (χ4v) is 1.83. The van der Waals surface area contributed by atoms with E-state index >= 15 is 0 Å². The van der Waals surface area contributed by atoms with Crippen molar-refractivity contribution in [3.8, 4) is 0 Å². The molecule has 0 fully saturated rings. The Labute approximate surface area is 111 Å². The molecule has 0 radical (unpaired) electrons. The van der Waals surface area contributed by atoms with Crippen LogP contribution in [0.15, 0.2) is 46.9 Å². The van der Waals surface area contributed by atoms with Crippen LogP contribution in [0.25, 0.3) is 0 Å². The minimum Gasteiger partial charge on any atom is -0.321 e. The summed E-state index contributed by atoms with van der Waals surface area (Å²) in [4.78, 5) is 11.8. The average Bonchev–Trinajstić information content (AvgIpc) is 2.31. The molecule has 0 spiro atoms. The summed E-state index contributed by atoms with van der Waals surface area (Å²) in [5.41, 5.74) is 0.468. The van der Waals surface area contributed by atoms with E-state index in [-0.39, 0.29) is 5.56 Å². The van der Waals surface area contributed by atoms with Crippen molar-refractivity contribution < 1.29 is 13.6 Å². The number of amides is 1. The van der Waals surface area contributed by atoms with Gasteiger partial charge in [-0.3, -0.25) is 4.79 Å². The van der Waals surface area contributed by atoms with Crippen molar-refractivity contribution in [1.82, 2.24) is 0 Å². The Morgan fingerprint density at radius 2 is 1.67 bits per heavy atom. The van der Waals surface area contributed by atoms with Gasteiger partial charge in [0.05, 0.1) is 5.69 Å². The van der Waals surface area contributed by atoms with E-state index in [1.807, 2.05) is 0 Å². The first-order valence-electron chi connectivity index (χ1n) is 5.08. The van der Waals surface area contributed by atoms with Crippen LogP contribution in [-0.4, -0.2) is 5.91 Å². The zero-order valence-electron chi connectivity index (χ0n) is 9.08. The average molecular weight is 312 g/mol. The molecule has 0 unspecified atom stereocenters. The number of para-hydroxylation sites is 1. The molecule has 0 heterocycles. The van der Waals surface area contributed by atoms with E-state index in [1.54, 1.807) is 24.3 Å². The topological polar surface area (TPSA) is 29.1 Å². The second-order valence-electron chi connectivity index (χ2n) is 3.59. The van der Waals surface area contributed by atoms with E-state index in [9.17, 15) is 13.6 Å². The Morgan fingerprint density at radius 1 is 1.06 bits per heavy atom. The zero-order valence-corrected chi connectivity index (χ0v) is 10.7. The Balaban J connectivity index is 2.25. The molecule has 92 valence electrons. The Bertz CT molecular complexity index is 581. The van der Waals surface area contributed by atoms with Crippen LogP contribution in [0.4, 0.5) is 14.5 Å². The first kappa shape index (κ1) is 12.7. The van der Waals surface area contributed by atoms with Crippen molar-refractivity contribution in [3.63, 3.8) is 0 Å². The fourth-order valence-electron chi connectivity index (χ4n) is 1.44. The van der Waals surface area contributed by atoms with Crippen molar-refractivity contribution in [2.24, 2.45) is 0 Å². The number of hydrogen-bond acceptors (Lipinski definition) is 1. The van der Waals surface area contributed by atoms with Crippen LogP contribution in [0.2, 0.25) is 0 Å². The predicted molar refractivity (Wildman–Crippen MR) is 68.5 cm³/mol. The first-order valence-corrected chi connectivity index (χ1v) is 5.87. The van der Waals surface area contributed by atoms with Crippen LogP contribution in [0.3, 0.4) is 0 Å². The summed E-state index contributed by atoms with van der Waals surface area (Å²) >= 11 is 3.26. The molecule has 2 nitrogen and oxygen atoms in total. The molecule has 2 rings (SSSR count). The monoisotopic (exact) mass is 311 g/mol. The van der Waals surface area contributed by atoms with Crippen LogP contribution in [0.5, 0.6) is 0 Å². The summed E-state index contributed by atoms with van der Waals surface area (Å²) in [6, 6.07) is 9.65. The van der Waals surface area contributed by atoms with Crippen LogP contribution in [0.1, 0.15) is 10.4 Å². The molecule has 0 aliphatic rings. The predicted octanol–water partition coefficient (Wildman–Crippen LogP) is 3.98. The molecule has 0 saturated heterocycles. The van der Waals surface area contributed by atoms with Crippen LogP contribution in [-0.2, 0) is 0 Å². The van der Waals surface area contributed by atoms with Crippen molar-refractivity contribution in [3.05, 3.63) is 64.1 Å². The van der Waals surface area contributed by atoms with Gasteiger partial charge in [-0.2, -0.15) is 0 Å². The lowest BCUT2D eigenvalue weighted by molar-refractivity contribution is 0.102. The largest absolute Gasteiger partial charge is 0.321 e. The molecule has 2 aromatic carbocycles. The molecule has 2 aromatic rings.